The molecule has 2 heterocycles. The van der Waals surface area contributed by atoms with Crippen LogP contribution in [0.4, 0.5) is 0 Å². The van der Waals surface area contributed by atoms with Crippen LogP contribution >= 0.6 is 46.3 Å². The smallest absolute Gasteiger partial charge is 0.263 e. The van der Waals surface area contributed by atoms with E-state index in [1.54, 1.807) is 27.7 Å². The fraction of sp³-hybridized carbons (Fsp3) is 0.625. The number of aromatic nitrogens is 2. The van der Waals surface area contributed by atoms with Gasteiger partial charge in [0.2, 0.25) is 0 Å². The lowest BCUT2D eigenvalue weighted by Gasteiger charge is -2.12. The minimum atomic E-state index is -0.573. The van der Waals surface area contributed by atoms with Crippen LogP contribution in [0.3, 0.4) is 0 Å². The third-order valence-corrected chi connectivity index (χ3v) is 7.98. The first-order chi connectivity index (χ1) is 11.0. The van der Waals surface area contributed by atoms with E-state index >= 15 is 0 Å². The zero-order valence-corrected chi connectivity index (χ0v) is 16.0. The number of thioether (sulfide) groups is 1. The summed E-state index contributed by atoms with van der Waals surface area (Å²) in [6.45, 7) is 2.65. The van der Waals surface area contributed by atoms with Gasteiger partial charge in [0.1, 0.15) is 9.16 Å². The summed E-state index contributed by atoms with van der Waals surface area (Å²) in [5, 5.41) is 1.67. The summed E-state index contributed by atoms with van der Waals surface area (Å²) >= 11 is 15.5. The van der Waals surface area contributed by atoms with E-state index in [0.29, 0.717) is 12.5 Å². The van der Waals surface area contributed by atoms with E-state index in [1.807, 2.05) is 6.92 Å². The molecule has 0 aliphatic heterocycles. The minimum Gasteiger partial charge on any atom is -0.287 e. The Hall–Kier alpha value is -0.230. The van der Waals surface area contributed by atoms with Gasteiger partial charge in [0.15, 0.2) is 5.16 Å². The maximum absolute atomic E-state index is 13.0. The summed E-state index contributed by atoms with van der Waals surface area (Å²) in [4.78, 5) is 20.1. The lowest BCUT2D eigenvalue weighted by Crippen LogP contribution is -2.23. The Morgan fingerprint density at radius 2 is 2.13 bits per heavy atom. The summed E-state index contributed by atoms with van der Waals surface area (Å²) in [5.74, 6) is 1.11. The predicted octanol–water partition coefficient (Wildman–Crippen LogP) is 4.64. The van der Waals surface area contributed by atoms with Gasteiger partial charge in [-0.15, -0.1) is 34.5 Å². The fourth-order valence-corrected chi connectivity index (χ4v) is 6.53. The second kappa shape index (κ2) is 5.94. The Kier molecular flexibility index (Phi) is 4.20. The average molecular weight is 389 g/mol. The van der Waals surface area contributed by atoms with Crippen LogP contribution in [0.2, 0.25) is 0 Å². The summed E-state index contributed by atoms with van der Waals surface area (Å²) in [7, 11) is 0. The molecule has 7 heteroatoms. The van der Waals surface area contributed by atoms with E-state index < -0.39 is 4.33 Å². The average Bonchev–Trinajstić information content (AvgIpc) is 2.97. The maximum atomic E-state index is 13.0. The number of halogens is 2. The molecular formula is C16H18Cl2N2OS2. The van der Waals surface area contributed by atoms with Crippen molar-refractivity contribution in [2.24, 2.45) is 5.92 Å². The lowest BCUT2D eigenvalue weighted by atomic mass is 9.97. The second-order valence-corrected chi connectivity index (χ2v) is 9.92. The van der Waals surface area contributed by atoms with Gasteiger partial charge < -0.3 is 0 Å². The van der Waals surface area contributed by atoms with Crippen molar-refractivity contribution in [2.75, 3.05) is 5.75 Å². The van der Waals surface area contributed by atoms with Crippen LogP contribution in [0.15, 0.2) is 9.95 Å². The topological polar surface area (TPSA) is 34.9 Å². The highest BCUT2D eigenvalue weighted by Crippen LogP contribution is 2.54. The Labute approximate surface area is 153 Å². The summed E-state index contributed by atoms with van der Waals surface area (Å²) in [6, 6.07) is 0. The Morgan fingerprint density at radius 1 is 1.39 bits per heavy atom. The number of hydrogen-bond acceptors (Lipinski definition) is 4. The molecule has 0 bridgehead atoms. The molecule has 0 N–H and O–H groups in total. The monoisotopic (exact) mass is 388 g/mol. The first-order valence-electron chi connectivity index (χ1n) is 8.07. The zero-order chi connectivity index (χ0) is 16.2. The van der Waals surface area contributed by atoms with Crippen LogP contribution in [-0.4, -0.2) is 19.6 Å². The normalized spacial score (nSPS) is 22.3. The van der Waals surface area contributed by atoms with Crippen molar-refractivity contribution < 1.29 is 0 Å². The summed E-state index contributed by atoms with van der Waals surface area (Å²) in [6.07, 6.45) is 5.34. The van der Waals surface area contributed by atoms with Crippen molar-refractivity contribution >= 4 is 56.5 Å². The highest BCUT2D eigenvalue weighted by atomic mass is 35.5. The number of thiophene rings is 1. The second-order valence-electron chi connectivity index (χ2n) is 6.31. The number of rotatable bonds is 4. The molecule has 1 saturated carbocycles. The standard InChI is InChI=1S/C16H18Cl2N2OS2/c1-2-20-14(21)12-10-5-3-4-6-11(10)23-13(12)19-15(20)22-8-9-7-16(9,17)18/h9H,2-8H2,1H3. The van der Waals surface area contributed by atoms with Gasteiger partial charge in [-0.1, -0.05) is 11.8 Å². The molecule has 1 atom stereocenters. The van der Waals surface area contributed by atoms with Crippen molar-refractivity contribution in [3.05, 3.63) is 20.8 Å². The van der Waals surface area contributed by atoms with Gasteiger partial charge in [-0.05, 0) is 44.6 Å². The van der Waals surface area contributed by atoms with Crippen molar-refractivity contribution in [2.45, 2.75) is 55.1 Å². The molecule has 1 unspecified atom stereocenters. The van der Waals surface area contributed by atoms with E-state index in [9.17, 15) is 4.79 Å². The number of alkyl halides is 2. The van der Waals surface area contributed by atoms with Gasteiger partial charge in [-0.2, -0.15) is 0 Å². The van der Waals surface area contributed by atoms with Gasteiger partial charge >= 0.3 is 0 Å². The molecular weight excluding hydrogens is 371 g/mol. The quantitative estimate of drug-likeness (QED) is 0.434. The maximum Gasteiger partial charge on any atom is 0.263 e. The van der Waals surface area contributed by atoms with E-state index in [2.05, 4.69) is 0 Å². The largest absolute Gasteiger partial charge is 0.287 e. The molecule has 0 spiro atoms. The molecule has 3 nitrogen and oxygen atoms in total. The van der Waals surface area contributed by atoms with Crippen LogP contribution in [-0.2, 0) is 19.4 Å². The van der Waals surface area contributed by atoms with Crippen LogP contribution in [0, 0.1) is 5.92 Å². The molecule has 2 aromatic heterocycles. The van der Waals surface area contributed by atoms with E-state index in [0.717, 1.165) is 40.4 Å². The Balaban J connectivity index is 1.74. The molecule has 23 heavy (non-hydrogen) atoms. The SMILES string of the molecule is CCn1c(SCC2CC2(Cl)Cl)nc2sc3c(c2c1=O)CCCC3. The van der Waals surface area contributed by atoms with Gasteiger partial charge in [0.25, 0.3) is 5.56 Å². The number of fused-ring (bicyclic) bond motifs is 3. The predicted molar refractivity (Wildman–Crippen MR) is 99.5 cm³/mol. The van der Waals surface area contributed by atoms with Crippen LogP contribution < -0.4 is 5.56 Å². The van der Waals surface area contributed by atoms with Gasteiger partial charge in [-0.25, -0.2) is 4.98 Å². The first kappa shape index (κ1) is 16.2. The molecule has 2 aliphatic rings. The van der Waals surface area contributed by atoms with Gasteiger partial charge in [0.05, 0.1) is 5.39 Å². The van der Waals surface area contributed by atoms with Crippen LogP contribution in [0.25, 0.3) is 10.2 Å². The number of aryl methyl sites for hydroxylation is 2. The van der Waals surface area contributed by atoms with Crippen molar-refractivity contribution in [1.29, 1.82) is 0 Å². The molecule has 0 radical (unpaired) electrons. The third kappa shape index (κ3) is 2.84. The molecule has 2 aromatic rings. The van der Waals surface area contributed by atoms with Crippen molar-refractivity contribution in [3.8, 4) is 0 Å². The Morgan fingerprint density at radius 3 is 2.83 bits per heavy atom. The minimum absolute atomic E-state index is 0.123. The van der Waals surface area contributed by atoms with Gasteiger partial charge in [0, 0.05) is 23.1 Å². The molecule has 0 aromatic carbocycles. The molecule has 2 aliphatic carbocycles. The number of nitrogens with zero attached hydrogens (tertiary/aromatic N) is 2. The molecule has 124 valence electrons. The third-order valence-electron chi connectivity index (χ3n) is 4.73. The molecule has 4 rings (SSSR count). The Bertz CT molecular complexity index is 828. The zero-order valence-electron chi connectivity index (χ0n) is 12.9. The first-order valence-corrected chi connectivity index (χ1v) is 10.6. The summed E-state index contributed by atoms with van der Waals surface area (Å²) < 4.78 is 1.23. The van der Waals surface area contributed by atoms with Crippen molar-refractivity contribution in [1.82, 2.24) is 9.55 Å². The van der Waals surface area contributed by atoms with Crippen LogP contribution in [0.5, 0.6) is 0 Å². The number of hydrogen-bond donors (Lipinski definition) is 0. The highest BCUT2D eigenvalue weighted by Gasteiger charge is 2.51. The van der Waals surface area contributed by atoms with Crippen molar-refractivity contribution in [3.63, 3.8) is 0 Å². The highest BCUT2D eigenvalue weighted by molar-refractivity contribution is 7.99. The fourth-order valence-electron chi connectivity index (χ4n) is 3.23. The van der Waals surface area contributed by atoms with E-state index in [1.165, 1.54) is 23.3 Å². The van der Waals surface area contributed by atoms with E-state index in [-0.39, 0.29) is 5.56 Å². The molecule has 0 saturated heterocycles. The lowest BCUT2D eigenvalue weighted by molar-refractivity contribution is 0.633. The van der Waals surface area contributed by atoms with Gasteiger partial charge in [-0.3, -0.25) is 9.36 Å². The molecule has 0 amide bonds. The van der Waals surface area contributed by atoms with Crippen LogP contribution in [0.1, 0.15) is 36.6 Å². The summed E-state index contributed by atoms with van der Waals surface area (Å²) in [5.41, 5.74) is 1.38. The van der Waals surface area contributed by atoms with E-state index in [4.69, 9.17) is 28.2 Å². The molecule has 1 fully saturated rings.